The van der Waals surface area contributed by atoms with E-state index < -0.39 is 5.82 Å². The standard InChI is InChI=1S/C15H17ClFN3/c1-9-12(4-3-7-18)10(2)20-15(19-9)11-5-6-14(17)13(16)8-11/h5-6,8H,3-4,7,18H2,1-2H3. The molecule has 0 amide bonds. The summed E-state index contributed by atoms with van der Waals surface area (Å²) >= 11 is 5.80. The van der Waals surface area contributed by atoms with E-state index in [4.69, 9.17) is 17.3 Å². The van der Waals surface area contributed by atoms with Gasteiger partial charge in [0.25, 0.3) is 0 Å². The number of halogens is 2. The van der Waals surface area contributed by atoms with Crippen LogP contribution in [0.5, 0.6) is 0 Å². The van der Waals surface area contributed by atoms with E-state index in [-0.39, 0.29) is 5.02 Å². The lowest BCUT2D eigenvalue weighted by Crippen LogP contribution is -2.06. The Morgan fingerprint density at radius 2 is 1.85 bits per heavy atom. The first-order valence-corrected chi connectivity index (χ1v) is 6.90. The topological polar surface area (TPSA) is 51.8 Å². The molecular formula is C15H17ClFN3. The molecule has 0 aliphatic carbocycles. The fraction of sp³-hybridized carbons (Fsp3) is 0.333. The molecule has 2 aromatic rings. The quantitative estimate of drug-likeness (QED) is 0.939. The van der Waals surface area contributed by atoms with Crippen LogP contribution in [0.3, 0.4) is 0 Å². The molecule has 0 saturated heterocycles. The molecule has 5 heteroatoms. The lowest BCUT2D eigenvalue weighted by molar-refractivity contribution is 0.628. The molecule has 20 heavy (non-hydrogen) atoms. The molecule has 0 aliphatic rings. The lowest BCUT2D eigenvalue weighted by atomic mass is 10.1. The predicted octanol–water partition coefficient (Wildman–Crippen LogP) is 3.44. The molecule has 0 atom stereocenters. The number of hydrogen-bond donors (Lipinski definition) is 1. The Hall–Kier alpha value is -1.52. The Labute approximate surface area is 123 Å². The second-order valence-electron chi connectivity index (χ2n) is 4.72. The molecule has 0 unspecified atom stereocenters. The van der Waals surface area contributed by atoms with E-state index in [0.29, 0.717) is 17.9 Å². The maximum absolute atomic E-state index is 13.2. The van der Waals surface area contributed by atoms with Crippen molar-refractivity contribution in [2.75, 3.05) is 6.54 Å². The number of aromatic nitrogens is 2. The molecule has 1 aromatic carbocycles. The second-order valence-corrected chi connectivity index (χ2v) is 5.12. The van der Waals surface area contributed by atoms with Crippen LogP contribution in [-0.2, 0) is 6.42 Å². The SMILES string of the molecule is Cc1nc(-c2ccc(F)c(Cl)c2)nc(C)c1CCCN. The van der Waals surface area contributed by atoms with Crippen molar-refractivity contribution >= 4 is 11.6 Å². The van der Waals surface area contributed by atoms with Crippen LogP contribution in [0.2, 0.25) is 5.02 Å². The van der Waals surface area contributed by atoms with E-state index in [2.05, 4.69) is 9.97 Å². The highest BCUT2D eigenvalue weighted by atomic mass is 35.5. The van der Waals surface area contributed by atoms with E-state index >= 15 is 0 Å². The van der Waals surface area contributed by atoms with Crippen molar-refractivity contribution in [3.05, 3.63) is 46.0 Å². The first-order valence-electron chi connectivity index (χ1n) is 6.52. The summed E-state index contributed by atoms with van der Waals surface area (Å²) in [5, 5.41) is 0.0774. The smallest absolute Gasteiger partial charge is 0.159 e. The maximum Gasteiger partial charge on any atom is 0.159 e. The zero-order valence-electron chi connectivity index (χ0n) is 11.6. The highest BCUT2D eigenvalue weighted by Crippen LogP contribution is 2.24. The van der Waals surface area contributed by atoms with Gasteiger partial charge in [-0.3, -0.25) is 0 Å². The summed E-state index contributed by atoms with van der Waals surface area (Å²) in [5.41, 5.74) is 9.25. The number of hydrogen-bond acceptors (Lipinski definition) is 3. The van der Waals surface area contributed by atoms with E-state index in [9.17, 15) is 4.39 Å². The monoisotopic (exact) mass is 293 g/mol. The Kier molecular flexibility index (Phi) is 4.68. The van der Waals surface area contributed by atoms with Gasteiger partial charge in [-0.05, 0) is 57.0 Å². The van der Waals surface area contributed by atoms with Crippen LogP contribution in [0, 0.1) is 19.7 Å². The Bertz CT molecular complexity index is 606. The minimum Gasteiger partial charge on any atom is -0.330 e. The van der Waals surface area contributed by atoms with Crippen molar-refractivity contribution in [3.63, 3.8) is 0 Å². The van der Waals surface area contributed by atoms with Crippen LogP contribution < -0.4 is 5.73 Å². The molecule has 1 aromatic heterocycles. The summed E-state index contributed by atoms with van der Waals surface area (Å²) in [6.07, 6.45) is 1.78. The highest BCUT2D eigenvalue weighted by molar-refractivity contribution is 6.31. The number of nitrogens with two attached hydrogens (primary N) is 1. The highest BCUT2D eigenvalue weighted by Gasteiger charge is 2.11. The average molecular weight is 294 g/mol. The molecule has 0 aliphatic heterocycles. The summed E-state index contributed by atoms with van der Waals surface area (Å²) < 4.78 is 13.2. The number of nitrogens with zero attached hydrogens (tertiary/aromatic N) is 2. The van der Waals surface area contributed by atoms with Crippen LogP contribution in [0.25, 0.3) is 11.4 Å². The summed E-state index contributed by atoms with van der Waals surface area (Å²) in [5.74, 6) is 0.127. The van der Waals surface area contributed by atoms with Gasteiger partial charge >= 0.3 is 0 Å². The second kappa shape index (κ2) is 6.29. The van der Waals surface area contributed by atoms with Crippen molar-refractivity contribution in [2.45, 2.75) is 26.7 Å². The van der Waals surface area contributed by atoms with E-state index in [1.165, 1.54) is 6.07 Å². The molecule has 0 saturated carbocycles. The fourth-order valence-corrected chi connectivity index (χ4v) is 2.32. The first-order chi connectivity index (χ1) is 9.52. The zero-order valence-corrected chi connectivity index (χ0v) is 12.3. The van der Waals surface area contributed by atoms with Crippen molar-refractivity contribution in [1.82, 2.24) is 9.97 Å². The molecule has 2 rings (SSSR count). The molecule has 106 valence electrons. The van der Waals surface area contributed by atoms with Crippen molar-refractivity contribution < 1.29 is 4.39 Å². The van der Waals surface area contributed by atoms with Gasteiger partial charge in [0.05, 0.1) is 5.02 Å². The predicted molar refractivity (Wildman–Crippen MR) is 79.3 cm³/mol. The van der Waals surface area contributed by atoms with Crippen molar-refractivity contribution in [2.24, 2.45) is 5.73 Å². The summed E-state index contributed by atoms with van der Waals surface area (Å²) in [4.78, 5) is 8.99. The molecule has 0 radical (unpaired) electrons. The van der Waals surface area contributed by atoms with Gasteiger partial charge in [-0.2, -0.15) is 0 Å². The summed E-state index contributed by atoms with van der Waals surface area (Å²) in [6.45, 7) is 4.55. The summed E-state index contributed by atoms with van der Waals surface area (Å²) in [6, 6.07) is 4.51. The Balaban J connectivity index is 2.41. The minimum absolute atomic E-state index is 0.0774. The number of aryl methyl sites for hydroxylation is 2. The van der Waals surface area contributed by atoms with E-state index in [1.807, 2.05) is 13.8 Å². The van der Waals surface area contributed by atoms with Crippen molar-refractivity contribution in [3.8, 4) is 11.4 Å². The lowest BCUT2D eigenvalue weighted by Gasteiger charge is -2.11. The Morgan fingerprint density at radius 3 is 2.40 bits per heavy atom. The summed E-state index contributed by atoms with van der Waals surface area (Å²) in [7, 11) is 0. The van der Waals surface area contributed by atoms with E-state index in [1.54, 1.807) is 12.1 Å². The van der Waals surface area contributed by atoms with Gasteiger partial charge in [0.1, 0.15) is 5.82 Å². The maximum atomic E-state index is 13.2. The molecular weight excluding hydrogens is 277 g/mol. The molecule has 2 N–H and O–H groups in total. The largest absolute Gasteiger partial charge is 0.330 e. The molecule has 0 spiro atoms. The zero-order chi connectivity index (χ0) is 14.7. The molecule has 3 nitrogen and oxygen atoms in total. The third-order valence-electron chi connectivity index (χ3n) is 3.23. The molecule has 0 bridgehead atoms. The first kappa shape index (κ1) is 14.9. The minimum atomic E-state index is -0.441. The van der Waals surface area contributed by atoms with Crippen LogP contribution in [0.4, 0.5) is 4.39 Å². The van der Waals surface area contributed by atoms with Crippen molar-refractivity contribution in [1.29, 1.82) is 0 Å². The molecule has 1 heterocycles. The van der Waals surface area contributed by atoms with Gasteiger partial charge < -0.3 is 5.73 Å². The fourth-order valence-electron chi connectivity index (χ4n) is 2.14. The third-order valence-corrected chi connectivity index (χ3v) is 3.52. The normalized spacial score (nSPS) is 10.8. The average Bonchev–Trinajstić information content (AvgIpc) is 2.41. The van der Waals surface area contributed by atoms with Crippen LogP contribution >= 0.6 is 11.6 Å². The van der Waals surface area contributed by atoms with Gasteiger partial charge in [-0.25, -0.2) is 14.4 Å². The van der Waals surface area contributed by atoms with E-state index in [0.717, 1.165) is 29.8 Å². The van der Waals surface area contributed by atoms with Gasteiger partial charge in [0.2, 0.25) is 0 Å². The number of rotatable bonds is 4. The van der Waals surface area contributed by atoms with Gasteiger partial charge in [-0.15, -0.1) is 0 Å². The van der Waals surface area contributed by atoms with Gasteiger partial charge in [0.15, 0.2) is 5.82 Å². The van der Waals surface area contributed by atoms with Gasteiger partial charge in [-0.1, -0.05) is 11.6 Å². The van der Waals surface area contributed by atoms with Crippen LogP contribution in [-0.4, -0.2) is 16.5 Å². The Morgan fingerprint density at radius 1 is 1.20 bits per heavy atom. The third kappa shape index (κ3) is 3.14. The van der Waals surface area contributed by atoms with Crippen LogP contribution in [0.1, 0.15) is 23.4 Å². The molecule has 0 fully saturated rings. The van der Waals surface area contributed by atoms with Gasteiger partial charge in [0, 0.05) is 17.0 Å². The number of benzene rings is 1. The van der Waals surface area contributed by atoms with Crippen LogP contribution in [0.15, 0.2) is 18.2 Å².